The second-order valence-corrected chi connectivity index (χ2v) is 8.09. The van der Waals surface area contributed by atoms with Crippen molar-refractivity contribution < 1.29 is 9.59 Å². The van der Waals surface area contributed by atoms with Crippen LogP contribution in [0.25, 0.3) is 0 Å². The predicted octanol–water partition coefficient (Wildman–Crippen LogP) is 1.63. The lowest BCUT2D eigenvalue weighted by Gasteiger charge is -2.39. The maximum Gasteiger partial charge on any atom is 0.251 e. The molecule has 0 bridgehead atoms. The summed E-state index contributed by atoms with van der Waals surface area (Å²) < 4.78 is 0. The van der Waals surface area contributed by atoms with Crippen molar-refractivity contribution in [2.45, 2.75) is 32.7 Å². The molecule has 2 heterocycles. The molecule has 2 saturated heterocycles. The summed E-state index contributed by atoms with van der Waals surface area (Å²) in [6.07, 6.45) is 2.25. The fourth-order valence-electron chi connectivity index (χ4n) is 4.13. The highest BCUT2D eigenvalue weighted by Gasteiger charge is 2.30. The van der Waals surface area contributed by atoms with E-state index >= 15 is 0 Å². The first kappa shape index (κ1) is 26.4. The molecule has 1 aromatic rings. The van der Waals surface area contributed by atoms with Crippen molar-refractivity contribution in [3.05, 3.63) is 35.9 Å². The number of hydrogen-bond donors (Lipinski definition) is 2. The number of likely N-dealkylation sites (tertiary alicyclic amines) is 1. The van der Waals surface area contributed by atoms with Gasteiger partial charge in [-0.3, -0.25) is 19.5 Å². The summed E-state index contributed by atoms with van der Waals surface area (Å²) in [5, 5.41) is 6.27. The summed E-state index contributed by atoms with van der Waals surface area (Å²) in [5.74, 6) is 1.06. The molecule has 0 radical (unpaired) electrons. The molecule has 0 saturated carbocycles. The Morgan fingerprint density at radius 2 is 1.62 bits per heavy atom. The van der Waals surface area contributed by atoms with Crippen molar-refractivity contribution in [2.24, 2.45) is 4.99 Å². The second kappa shape index (κ2) is 13.6. The van der Waals surface area contributed by atoms with Gasteiger partial charge in [-0.15, -0.1) is 24.0 Å². The number of halogens is 1. The highest BCUT2D eigenvalue weighted by molar-refractivity contribution is 14.0. The fourth-order valence-corrected chi connectivity index (χ4v) is 4.13. The van der Waals surface area contributed by atoms with E-state index in [1.54, 1.807) is 12.1 Å². The van der Waals surface area contributed by atoms with E-state index in [4.69, 9.17) is 4.99 Å². The van der Waals surface area contributed by atoms with Crippen molar-refractivity contribution in [1.29, 1.82) is 0 Å². The lowest BCUT2D eigenvalue weighted by molar-refractivity contribution is -0.135. The van der Waals surface area contributed by atoms with E-state index in [9.17, 15) is 9.59 Å². The molecule has 2 amide bonds. The summed E-state index contributed by atoms with van der Waals surface area (Å²) in [6, 6.07) is 9.15. The molecule has 2 N–H and O–H groups in total. The van der Waals surface area contributed by atoms with Crippen molar-refractivity contribution in [2.75, 3.05) is 58.9 Å². The molecule has 178 valence electrons. The Kier molecular flexibility index (Phi) is 11.2. The van der Waals surface area contributed by atoms with Crippen LogP contribution in [0.5, 0.6) is 0 Å². The number of nitrogens with zero attached hydrogens (tertiary/aromatic N) is 4. The van der Waals surface area contributed by atoms with Crippen molar-refractivity contribution in [3.63, 3.8) is 0 Å². The van der Waals surface area contributed by atoms with Crippen LogP contribution < -0.4 is 10.6 Å². The van der Waals surface area contributed by atoms with E-state index < -0.39 is 0 Å². The van der Waals surface area contributed by atoms with Crippen LogP contribution in [0.3, 0.4) is 0 Å². The monoisotopic (exact) mass is 556 g/mol. The molecule has 2 aliphatic heterocycles. The van der Waals surface area contributed by atoms with E-state index in [1.165, 1.54) is 0 Å². The van der Waals surface area contributed by atoms with Gasteiger partial charge in [0.1, 0.15) is 0 Å². The number of guanidine groups is 1. The van der Waals surface area contributed by atoms with Gasteiger partial charge in [0.05, 0.1) is 12.6 Å². The van der Waals surface area contributed by atoms with E-state index in [0.29, 0.717) is 18.7 Å². The maximum atomic E-state index is 12.7. The summed E-state index contributed by atoms with van der Waals surface area (Å²) >= 11 is 0. The van der Waals surface area contributed by atoms with Crippen LogP contribution in [0.2, 0.25) is 0 Å². The van der Waals surface area contributed by atoms with Gasteiger partial charge in [-0.05, 0) is 38.8 Å². The third-order valence-corrected chi connectivity index (χ3v) is 5.97. The molecule has 1 atom stereocenters. The topological polar surface area (TPSA) is 80.3 Å². The molecule has 2 aliphatic rings. The van der Waals surface area contributed by atoms with Crippen molar-refractivity contribution in [3.8, 4) is 0 Å². The molecule has 0 aliphatic carbocycles. The zero-order valence-electron chi connectivity index (χ0n) is 19.3. The average Bonchev–Trinajstić information content (AvgIpc) is 3.36. The number of rotatable bonds is 7. The van der Waals surface area contributed by atoms with Crippen molar-refractivity contribution in [1.82, 2.24) is 25.3 Å². The minimum atomic E-state index is -0.0777. The Morgan fingerprint density at radius 1 is 0.969 bits per heavy atom. The minimum absolute atomic E-state index is 0. The third kappa shape index (κ3) is 7.33. The Labute approximate surface area is 208 Å². The minimum Gasteiger partial charge on any atom is -0.357 e. The normalized spacial score (nSPS) is 18.1. The zero-order valence-corrected chi connectivity index (χ0v) is 21.6. The zero-order chi connectivity index (χ0) is 22.1. The van der Waals surface area contributed by atoms with Gasteiger partial charge in [0, 0.05) is 57.9 Å². The van der Waals surface area contributed by atoms with Gasteiger partial charge in [0.2, 0.25) is 5.91 Å². The molecule has 32 heavy (non-hydrogen) atoms. The van der Waals surface area contributed by atoms with Gasteiger partial charge in [-0.2, -0.15) is 0 Å². The van der Waals surface area contributed by atoms with E-state index in [2.05, 4.69) is 27.4 Å². The Bertz CT molecular complexity index is 746. The predicted molar refractivity (Wildman–Crippen MR) is 139 cm³/mol. The van der Waals surface area contributed by atoms with Crippen LogP contribution in [0.1, 0.15) is 37.0 Å². The largest absolute Gasteiger partial charge is 0.357 e. The molecule has 9 heteroatoms. The summed E-state index contributed by atoms with van der Waals surface area (Å²) in [4.78, 5) is 36.1. The third-order valence-electron chi connectivity index (χ3n) is 5.97. The van der Waals surface area contributed by atoms with Gasteiger partial charge in [-0.25, -0.2) is 0 Å². The molecule has 1 aromatic carbocycles. The maximum absolute atomic E-state index is 12.7. The molecule has 1 unspecified atom stereocenters. The number of hydrogen-bond acceptors (Lipinski definition) is 4. The smallest absolute Gasteiger partial charge is 0.251 e. The lowest BCUT2D eigenvalue weighted by atomic mass is 10.2. The Hall–Kier alpha value is -1.88. The number of piperazine rings is 1. The number of carbonyl (C=O) groups excluding carboxylic acids is 2. The van der Waals surface area contributed by atoms with Crippen LogP contribution in [-0.2, 0) is 4.79 Å². The Balaban J connectivity index is 0.00000363. The second-order valence-electron chi connectivity index (χ2n) is 8.09. The SMILES string of the molecule is CCNC(=NCCNC(=O)c1ccccc1)N1CCN(C(C)C(=O)N2CCCC2)CC1.I. The number of carbonyl (C=O) groups is 2. The molecular formula is C23H37IN6O2. The Morgan fingerprint density at radius 3 is 2.25 bits per heavy atom. The highest BCUT2D eigenvalue weighted by atomic mass is 127. The first-order valence-corrected chi connectivity index (χ1v) is 11.5. The highest BCUT2D eigenvalue weighted by Crippen LogP contribution is 2.14. The average molecular weight is 556 g/mol. The van der Waals surface area contributed by atoms with Crippen LogP contribution >= 0.6 is 24.0 Å². The first-order chi connectivity index (χ1) is 15.1. The van der Waals surface area contributed by atoms with Crippen LogP contribution in [0.15, 0.2) is 35.3 Å². The summed E-state index contributed by atoms with van der Waals surface area (Å²) in [5.41, 5.74) is 0.659. The van der Waals surface area contributed by atoms with Gasteiger partial charge in [0.25, 0.3) is 5.91 Å². The van der Waals surface area contributed by atoms with Gasteiger partial charge < -0.3 is 20.4 Å². The van der Waals surface area contributed by atoms with E-state index in [-0.39, 0.29) is 41.8 Å². The quantitative estimate of drug-likeness (QED) is 0.231. The first-order valence-electron chi connectivity index (χ1n) is 11.5. The molecule has 8 nitrogen and oxygen atoms in total. The van der Waals surface area contributed by atoms with Crippen LogP contribution in [-0.4, -0.2) is 97.4 Å². The molecule has 3 rings (SSSR count). The van der Waals surface area contributed by atoms with E-state index in [1.807, 2.05) is 30.0 Å². The van der Waals surface area contributed by atoms with Gasteiger partial charge in [0.15, 0.2) is 5.96 Å². The number of aliphatic imine (C=N–C) groups is 1. The molecular weight excluding hydrogens is 519 g/mol. The number of amides is 2. The summed E-state index contributed by atoms with van der Waals surface area (Å²) in [6.45, 7) is 11.0. The van der Waals surface area contributed by atoms with Gasteiger partial charge >= 0.3 is 0 Å². The summed E-state index contributed by atoms with van der Waals surface area (Å²) in [7, 11) is 0. The van der Waals surface area contributed by atoms with Crippen LogP contribution in [0, 0.1) is 0 Å². The fraction of sp³-hybridized carbons (Fsp3) is 0.609. The van der Waals surface area contributed by atoms with Crippen LogP contribution in [0.4, 0.5) is 0 Å². The van der Waals surface area contributed by atoms with Gasteiger partial charge in [-0.1, -0.05) is 18.2 Å². The number of benzene rings is 1. The standard InChI is InChI=1S/C23H36N6O2.HI/c1-3-24-23(26-12-11-25-21(30)20-9-5-4-6-10-20)29-17-15-27(16-18-29)19(2)22(31)28-13-7-8-14-28;/h4-6,9-10,19H,3,7-8,11-18H2,1-2H3,(H,24,26)(H,25,30);1H. The molecule has 2 fully saturated rings. The molecule has 0 aromatic heterocycles. The van der Waals surface area contributed by atoms with E-state index in [0.717, 1.165) is 64.6 Å². The van der Waals surface area contributed by atoms with Crippen molar-refractivity contribution >= 4 is 41.8 Å². The number of nitrogens with one attached hydrogen (secondary N) is 2. The molecule has 0 spiro atoms. The lowest BCUT2D eigenvalue weighted by Crippen LogP contribution is -2.57.